The largest absolute Gasteiger partial charge is 0.481 e. The van der Waals surface area contributed by atoms with Gasteiger partial charge in [0.25, 0.3) is 0 Å². The van der Waals surface area contributed by atoms with E-state index in [1.54, 1.807) is 0 Å². The highest BCUT2D eigenvalue weighted by Gasteiger charge is 2.49. The van der Waals surface area contributed by atoms with Crippen molar-refractivity contribution in [2.45, 2.75) is 42.6 Å². The van der Waals surface area contributed by atoms with Gasteiger partial charge in [-0.1, -0.05) is 24.3 Å². The lowest BCUT2D eigenvalue weighted by Crippen LogP contribution is -2.22. The number of hydrogen-bond donors (Lipinski definition) is 0. The first-order valence-corrected chi connectivity index (χ1v) is 7.59. The van der Waals surface area contributed by atoms with E-state index in [0.717, 1.165) is 30.5 Å². The van der Waals surface area contributed by atoms with E-state index in [0.29, 0.717) is 0 Å². The highest BCUT2D eigenvalue weighted by molar-refractivity contribution is 14.1. The summed E-state index contributed by atoms with van der Waals surface area (Å²) in [5, 5.41) is 0. The fourth-order valence-electron chi connectivity index (χ4n) is 2.38. The number of rotatable bonds is 5. The van der Waals surface area contributed by atoms with Crippen LogP contribution in [0.2, 0.25) is 0 Å². The maximum Gasteiger partial charge on any atom is 0.153 e. The first kappa shape index (κ1) is 14.6. The van der Waals surface area contributed by atoms with Gasteiger partial charge < -0.3 is 4.74 Å². The molecular formula is C16H19IO2. The molecule has 0 radical (unpaired) electrons. The molecule has 0 bridgehead atoms. The molecule has 3 heteroatoms. The van der Waals surface area contributed by atoms with E-state index in [1.165, 1.54) is 5.56 Å². The van der Waals surface area contributed by atoms with Crippen molar-refractivity contribution in [1.82, 2.24) is 0 Å². The second kappa shape index (κ2) is 5.27. The van der Waals surface area contributed by atoms with Crippen LogP contribution in [0.3, 0.4) is 0 Å². The van der Waals surface area contributed by atoms with Gasteiger partial charge in [-0.2, -0.15) is 0 Å². The highest BCUT2D eigenvalue weighted by Crippen LogP contribution is 2.55. The number of carbonyl (C=O) groups is 1. The Balaban J connectivity index is 2.28. The summed E-state index contributed by atoms with van der Waals surface area (Å²) in [6, 6.07) is 7.85. The highest BCUT2D eigenvalue weighted by atomic mass is 127. The van der Waals surface area contributed by atoms with Gasteiger partial charge in [-0.3, -0.25) is 4.79 Å². The van der Waals surface area contributed by atoms with Gasteiger partial charge in [0.1, 0.15) is 12.0 Å². The van der Waals surface area contributed by atoms with Crippen LogP contribution in [0.25, 0.3) is 0 Å². The molecule has 0 saturated heterocycles. The number of benzene rings is 1. The fourth-order valence-corrected chi connectivity index (χ4v) is 2.61. The van der Waals surface area contributed by atoms with E-state index in [9.17, 15) is 4.79 Å². The molecule has 1 aliphatic carbocycles. The number of aldehydes is 1. The first-order chi connectivity index (χ1) is 8.91. The molecule has 0 unspecified atom stereocenters. The molecule has 2 rings (SSSR count). The standard InChI is InChI=1S/C16H19IO2/c1-4-14(19-15(2,3)17)16(9-10-16)13-7-5-12(11-18)6-8-13/h4-8,11H,9-10H2,1-3H3. The van der Waals surface area contributed by atoms with Gasteiger partial charge in [0.15, 0.2) is 3.61 Å². The normalized spacial score (nSPS) is 18.0. The molecule has 1 saturated carbocycles. The third kappa shape index (κ3) is 3.19. The summed E-state index contributed by atoms with van der Waals surface area (Å²) in [5.41, 5.74) is 1.99. The maximum absolute atomic E-state index is 10.7. The third-order valence-electron chi connectivity index (χ3n) is 3.44. The Bertz CT molecular complexity index is 490. The lowest BCUT2D eigenvalue weighted by molar-refractivity contribution is 0.112. The topological polar surface area (TPSA) is 26.3 Å². The molecule has 0 aromatic heterocycles. The Morgan fingerprint density at radius 2 is 1.89 bits per heavy atom. The molecule has 19 heavy (non-hydrogen) atoms. The van der Waals surface area contributed by atoms with Crippen LogP contribution in [0.1, 0.15) is 49.5 Å². The van der Waals surface area contributed by atoms with Gasteiger partial charge in [0.05, 0.1) is 5.41 Å². The second-order valence-electron chi connectivity index (χ2n) is 5.44. The fraction of sp³-hybridized carbons (Fsp3) is 0.438. The average Bonchev–Trinajstić information content (AvgIpc) is 3.16. The van der Waals surface area contributed by atoms with Crippen LogP contribution in [0.4, 0.5) is 0 Å². The SMILES string of the molecule is CC=C(OC(C)(C)I)C1(c2ccc(C=O)cc2)CC1. The Labute approximate surface area is 128 Å². The van der Waals surface area contributed by atoms with Crippen LogP contribution < -0.4 is 0 Å². The van der Waals surface area contributed by atoms with Crippen molar-refractivity contribution >= 4 is 28.9 Å². The Kier molecular flexibility index (Phi) is 4.04. The number of ether oxygens (including phenoxy) is 1. The van der Waals surface area contributed by atoms with Crippen molar-refractivity contribution in [3.63, 3.8) is 0 Å². The van der Waals surface area contributed by atoms with Crippen molar-refractivity contribution in [2.24, 2.45) is 0 Å². The first-order valence-electron chi connectivity index (χ1n) is 6.52. The van der Waals surface area contributed by atoms with E-state index in [1.807, 2.05) is 31.2 Å². The zero-order valence-corrected chi connectivity index (χ0v) is 13.7. The zero-order chi connectivity index (χ0) is 14.1. The minimum absolute atomic E-state index is 0.0264. The van der Waals surface area contributed by atoms with Crippen LogP contribution >= 0.6 is 22.6 Å². The van der Waals surface area contributed by atoms with Crippen molar-refractivity contribution in [3.8, 4) is 0 Å². The van der Waals surface area contributed by atoms with Gasteiger partial charge in [0.2, 0.25) is 0 Å². The lowest BCUT2D eigenvalue weighted by Gasteiger charge is -2.27. The van der Waals surface area contributed by atoms with E-state index >= 15 is 0 Å². The molecule has 2 nitrogen and oxygen atoms in total. The summed E-state index contributed by atoms with van der Waals surface area (Å²) in [6.07, 6.45) is 5.17. The molecule has 0 spiro atoms. The number of hydrogen-bond acceptors (Lipinski definition) is 2. The van der Waals surface area contributed by atoms with E-state index in [4.69, 9.17) is 4.74 Å². The van der Waals surface area contributed by atoms with E-state index < -0.39 is 0 Å². The Morgan fingerprint density at radius 3 is 2.26 bits per heavy atom. The summed E-state index contributed by atoms with van der Waals surface area (Å²) < 4.78 is 5.89. The molecule has 1 aromatic carbocycles. The van der Waals surface area contributed by atoms with Crippen molar-refractivity contribution in [3.05, 3.63) is 47.2 Å². The smallest absolute Gasteiger partial charge is 0.153 e. The summed E-state index contributed by atoms with van der Waals surface area (Å²) in [7, 11) is 0. The summed E-state index contributed by atoms with van der Waals surface area (Å²) in [4.78, 5) is 10.7. The molecule has 0 N–H and O–H groups in total. The molecule has 1 aromatic rings. The van der Waals surface area contributed by atoms with E-state index in [2.05, 4.69) is 42.5 Å². The average molecular weight is 370 g/mol. The molecular weight excluding hydrogens is 351 g/mol. The van der Waals surface area contributed by atoms with Gasteiger partial charge in [-0.25, -0.2) is 0 Å². The molecule has 0 amide bonds. The van der Waals surface area contributed by atoms with Crippen LogP contribution in [0.5, 0.6) is 0 Å². The predicted octanol–water partition coefficient (Wildman–Crippen LogP) is 4.62. The number of carbonyl (C=O) groups excluding carboxylic acids is 1. The van der Waals surface area contributed by atoms with E-state index in [-0.39, 0.29) is 9.02 Å². The van der Waals surface area contributed by atoms with Crippen LogP contribution in [0, 0.1) is 0 Å². The molecule has 0 heterocycles. The number of alkyl halides is 1. The minimum Gasteiger partial charge on any atom is -0.481 e. The summed E-state index contributed by atoms with van der Waals surface area (Å²) >= 11 is 2.30. The zero-order valence-electron chi connectivity index (χ0n) is 11.6. The third-order valence-corrected chi connectivity index (χ3v) is 3.66. The molecule has 0 atom stereocenters. The lowest BCUT2D eigenvalue weighted by atomic mass is 9.92. The van der Waals surface area contributed by atoms with Gasteiger partial charge >= 0.3 is 0 Å². The quantitative estimate of drug-likeness (QED) is 0.327. The van der Waals surface area contributed by atoms with Gasteiger partial charge in [-0.05, 0) is 67.8 Å². The predicted molar refractivity (Wildman–Crippen MR) is 85.7 cm³/mol. The summed E-state index contributed by atoms with van der Waals surface area (Å²) in [6.45, 7) is 6.14. The summed E-state index contributed by atoms with van der Waals surface area (Å²) in [5.74, 6) is 1.05. The van der Waals surface area contributed by atoms with Crippen molar-refractivity contribution in [1.29, 1.82) is 0 Å². The molecule has 102 valence electrons. The Morgan fingerprint density at radius 1 is 1.32 bits per heavy atom. The van der Waals surface area contributed by atoms with Crippen LogP contribution in [-0.2, 0) is 10.2 Å². The number of allylic oxidation sites excluding steroid dienone is 2. The second-order valence-corrected chi connectivity index (χ2v) is 8.04. The van der Waals surface area contributed by atoms with Crippen molar-refractivity contribution in [2.75, 3.05) is 0 Å². The maximum atomic E-state index is 10.7. The Hall–Kier alpha value is -0.840. The van der Waals surface area contributed by atoms with Gasteiger partial charge in [-0.15, -0.1) is 0 Å². The minimum atomic E-state index is -0.210. The molecule has 0 aliphatic heterocycles. The van der Waals surface area contributed by atoms with Gasteiger partial charge in [0, 0.05) is 5.56 Å². The molecule has 1 fully saturated rings. The van der Waals surface area contributed by atoms with Crippen LogP contribution in [-0.4, -0.2) is 9.89 Å². The molecule has 1 aliphatic rings. The van der Waals surface area contributed by atoms with Crippen molar-refractivity contribution < 1.29 is 9.53 Å². The monoisotopic (exact) mass is 370 g/mol. The number of halogens is 1. The van der Waals surface area contributed by atoms with Crippen LogP contribution in [0.15, 0.2) is 36.1 Å².